The number of nitrogens with zero attached hydrogens (tertiary/aromatic N) is 2. The van der Waals surface area contributed by atoms with Gasteiger partial charge in [0.25, 0.3) is 0 Å². The van der Waals surface area contributed by atoms with E-state index in [1.807, 2.05) is 17.9 Å². The fourth-order valence-corrected chi connectivity index (χ4v) is 1.75. The van der Waals surface area contributed by atoms with Crippen molar-refractivity contribution >= 4 is 22.6 Å². The lowest BCUT2D eigenvalue weighted by molar-refractivity contribution is 0.660. The molecule has 1 atom stereocenters. The monoisotopic (exact) mass is 289 g/mol. The van der Waals surface area contributed by atoms with E-state index in [9.17, 15) is 0 Å². The van der Waals surface area contributed by atoms with Gasteiger partial charge in [-0.2, -0.15) is 5.10 Å². The van der Waals surface area contributed by atoms with Gasteiger partial charge in [0.05, 0.1) is 6.20 Å². The molecule has 0 aliphatic heterocycles. The van der Waals surface area contributed by atoms with Gasteiger partial charge in [-0.25, -0.2) is 0 Å². The first kappa shape index (κ1) is 10.5. The van der Waals surface area contributed by atoms with Crippen LogP contribution in [0.1, 0.15) is 24.4 Å². The van der Waals surface area contributed by atoms with E-state index in [2.05, 4.69) is 33.6 Å². The molecule has 1 aromatic heterocycles. The number of hydrogen-bond donors (Lipinski definition) is 1. The topological polar surface area (TPSA) is 43.8 Å². The van der Waals surface area contributed by atoms with Gasteiger partial charge in [0, 0.05) is 25.1 Å². The number of halogens is 1. The van der Waals surface area contributed by atoms with Crippen molar-refractivity contribution < 1.29 is 0 Å². The molecule has 0 saturated heterocycles. The summed E-state index contributed by atoms with van der Waals surface area (Å²) in [6.45, 7) is 0. The first-order chi connectivity index (χ1) is 6.16. The van der Waals surface area contributed by atoms with Gasteiger partial charge in [-0.1, -0.05) is 0 Å². The zero-order valence-corrected chi connectivity index (χ0v) is 9.65. The zero-order valence-electron chi connectivity index (χ0n) is 7.50. The SMILES string of the molecule is C#CCCC(N)c1cnn(C)c1I. The van der Waals surface area contributed by atoms with E-state index >= 15 is 0 Å². The van der Waals surface area contributed by atoms with Crippen LogP contribution in [0.3, 0.4) is 0 Å². The van der Waals surface area contributed by atoms with Crippen LogP contribution in [-0.4, -0.2) is 9.78 Å². The zero-order chi connectivity index (χ0) is 9.84. The Labute approximate surface area is 91.8 Å². The molecule has 3 nitrogen and oxygen atoms in total. The molecule has 4 heteroatoms. The van der Waals surface area contributed by atoms with E-state index in [1.165, 1.54) is 0 Å². The molecule has 1 rings (SSSR count). The van der Waals surface area contributed by atoms with Crippen LogP contribution in [0.15, 0.2) is 6.20 Å². The highest BCUT2D eigenvalue weighted by atomic mass is 127. The molecule has 0 bridgehead atoms. The van der Waals surface area contributed by atoms with Gasteiger partial charge in [0.1, 0.15) is 3.70 Å². The Kier molecular flexibility index (Phi) is 3.75. The van der Waals surface area contributed by atoms with Crippen molar-refractivity contribution in [3.05, 3.63) is 15.5 Å². The van der Waals surface area contributed by atoms with Crippen LogP contribution in [0.2, 0.25) is 0 Å². The predicted octanol–water partition coefficient (Wildman–Crippen LogP) is 1.44. The number of rotatable bonds is 3. The molecule has 0 spiro atoms. The van der Waals surface area contributed by atoms with E-state index in [-0.39, 0.29) is 6.04 Å². The maximum absolute atomic E-state index is 5.94. The number of nitrogens with two attached hydrogens (primary N) is 1. The summed E-state index contributed by atoms with van der Waals surface area (Å²) in [5.74, 6) is 2.58. The first-order valence-corrected chi connectivity index (χ1v) is 5.11. The molecule has 1 unspecified atom stereocenters. The standard InChI is InChI=1S/C9H12IN3/c1-3-4-5-8(11)7-6-12-13(2)9(7)10/h1,6,8H,4-5,11H2,2H3. The lowest BCUT2D eigenvalue weighted by Gasteiger charge is -2.07. The van der Waals surface area contributed by atoms with Crippen molar-refractivity contribution in [1.82, 2.24) is 9.78 Å². The number of terminal acetylenes is 1. The molecule has 0 amide bonds. The maximum atomic E-state index is 5.94. The molecular weight excluding hydrogens is 277 g/mol. The smallest absolute Gasteiger partial charge is 0.103 e. The van der Waals surface area contributed by atoms with Crippen LogP contribution < -0.4 is 5.73 Å². The summed E-state index contributed by atoms with van der Waals surface area (Å²) >= 11 is 2.24. The molecule has 0 saturated carbocycles. The van der Waals surface area contributed by atoms with Crippen LogP contribution in [-0.2, 0) is 7.05 Å². The van der Waals surface area contributed by atoms with Crippen LogP contribution in [0.25, 0.3) is 0 Å². The van der Waals surface area contributed by atoms with E-state index in [0.29, 0.717) is 6.42 Å². The molecular formula is C9H12IN3. The molecule has 0 aliphatic carbocycles. The summed E-state index contributed by atoms with van der Waals surface area (Å²) < 4.78 is 2.90. The lowest BCUT2D eigenvalue weighted by atomic mass is 10.1. The van der Waals surface area contributed by atoms with Crippen molar-refractivity contribution in [3.8, 4) is 12.3 Å². The van der Waals surface area contributed by atoms with Crippen LogP contribution in [0.5, 0.6) is 0 Å². The van der Waals surface area contributed by atoms with E-state index in [0.717, 1.165) is 15.7 Å². The Balaban J connectivity index is 2.72. The lowest BCUT2D eigenvalue weighted by Crippen LogP contribution is -2.11. The molecule has 0 aromatic carbocycles. The summed E-state index contributed by atoms with van der Waals surface area (Å²) in [5, 5.41) is 4.12. The Morgan fingerprint density at radius 3 is 3.00 bits per heavy atom. The van der Waals surface area contributed by atoms with Crippen molar-refractivity contribution in [2.45, 2.75) is 18.9 Å². The van der Waals surface area contributed by atoms with E-state index in [4.69, 9.17) is 12.2 Å². The van der Waals surface area contributed by atoms with Gasteiger partial charge in [-0.3, -0.25) is 4.68 Å². The number of aromatic nitrogens is 2. The summed E-state index contributed by atoms with van der Waals surface area (Å²) in [6.07, 6.45) is 8.51. The number of hydrogen-bond acceptors (Lipinski definition) is 2. The summed E-state index contributed by atoms with van der Waals surface area (Å²) in [5.41, 5.74) is 7.02. The van der Waals surface area contributed by atoms with Crippen molar-refractivity contribution in [3.63, 3.8) is 0 Å². The summed E-state index contributed by atoms with van der Waals surface area (Å²) in [6, 6.07) is 0.0108. The minimum absolute atomic E-state index is 0.0108. The third kappa shape index (κ3) is 2.45. The van der Waals surface area contributed by atoms with Gasteiger partial charge in [-0.05, 0) is 29.0 Å². The second-order valence-electron chi connectivity index (χ2n) is 2.86. The normalized spacial score (nSPS) is 12.5. The minimum Gasteiger partial charge on any atom is -0.324 e. The average Bonchev–Trinajstić information content (AvgIpc) is 2.44. The molecule has 2 N–H and O–H groups in total. The average molecular weight is 289 g/mol. The molecule has 13 heavy (non-hydrogen) atoms. The summed E-state index contributed by atoms with van der Waals surface area (Å²) in [7, 11) is 1.90. The van der Waals surface area contributed by atoms with Crippen molar-refractivity contribution in [1.29, 1.82) is 0 Å². The predicted molar refractivity (Wildman–Crippen MR) is 60.9 cm³/mol. The first-order valence-electron chi connectivity index (χ1n) is 4.03. The highest BCUT2D eigenvalue weighted by molar-refractivity contribution is 14.1. The third-order valence-electron chi connectivity index (χ3n) is 1.89. The van der Waals surface area contributed by atoms with Crippen molar-refractivity contribution in [2.24, 2.45) is 12.8 Å². The van der Waals surface area contributed by atoms with Gasteiger partial charge >= 0.3 is 0 Å². The van der Waals surface area contributed by atoms with Crippen LogP contribution in [0, 0.1) is 16.0 Å². The van der Waals surface area contributed by atoms with Crippen LogP contribution >= 0.6 is 22.6 Å². The van der Waals surface area contributed by atoms with E-state index in [1.54, 1.807) is 0 Å². The van der Waals surface area contributed by atoms with Gasteiger partial charge in [0.15, 0.2) is 0 Å². The highest BCUT2D eigenvalue weighted by Gasteiger charge is 2.12. The van der Waals surface area contributed by atoms with Crippen LogP contribution in [0.4, 0.5) is 0 Å². The third-order valence-corrected chi connectivity index (χ3v) is 3.21. The van der Waals surface area contributed by atoms with Gasteiger partial charge in [-0.15, -0.1) is 12.3 Å². The number of aryl methyl sites for hydroxylation is 1. The molecule has 1 aromatic rings. The Morgan fingerprint density at radius 1 is 1.85 bits per heavy atom. The molecule has 0 radical (unpaired) electrons. The Bertz CT molecular complexity index is 324. The van der Waals surface area contributed by atoms with Gasteiger partial charge < -0.3 is 5.73 Å². The van der Waals surface area contributed by atoms with Gasteiger partial charge in [0.2, 0.25) is 0 Å². The second kappa shape index (κ2) is 4.63. The highest BCUT2D eigenvalue weighted by Crippen LogP contribution is 2.20. The fraction of sp³-hybridized carbons (Fsp3) is 0.444. The van der Waals surface area contributed by atoms with Crippen molar-refractivity contribution in [2.75, 3.05) is 0 Å². The maximum Gasteiger partial charge on any atom is 0.103 e. The summed E-state index contributed by atoms with van der Waals surface area (Å²) in [4.78, 5) is 0. The molecule has 0 fully saturated rings. The Morgan fingerprint density at radius 2 is 2.54 bits per heavy atom. The fourth-order valence-electron chi connectivity index (χ4n) is 1.08. The second-order valence-corrected chi connectivity index (χ2v) is 3.89. The molecule has 1 heterocycles. The molecule has 0 aliphatic rings. The Hall–Kier alpha value is -0.540. The minimum atomic E-state index is 0.0108. The quantitative estimate of drug-likeness (QED) is 0.676. The van der Waals surface area contributed by atoms with E-state index < -0.39 is 0 Å². The molecule has 70 valence electrons. The largest absolute Gasteiger partial charge is 0.324 e.